The summed E-state index contributed by atoms with van der Waals surface area (Å²) in [7, 11) is 0. The Kier molecular flexibility index (Phi) is 19.7. The van der Waals surface area contributed by atoms with E-state index in [1.54, 1.807) is 0 Å². The van der Waals surface area contributed by atoms with Gasteiger partial charge in [0.05, 0.1) is 0 Å². The molecule has 0 heterocycles. The molecule has 0 aliphatic heterocycles. The van der Waals surface area contributed by atoms with Crippen molar-refractivity contribution in [1.82, 2.24) is 0 Å². The van der Waals surface area contributed by atoms with Crippen LogP contribution in [0.2, 0.25) is 24.2 Å². The molecule has 1 rings (SSSR count). The predicted octanol–water partition coefficient (Wildman–Crippen LogP) is 6.17. The molecule has 0 fully saturated rings. The average molecular weight is 532 g/mol. The second kappa shape index (κ2) is 17.5. The van der Waals surface area contributed by atoms with Crippen LogP contribution >= 0.6 is 0 Å². The molecule has 0 bridgehead atoms. The van der Waals surface area contributed by atoms with Gasteiger partial charge in [-0.3, -0.25) is 0 Å². The second-order valence-corrected chi connectivity index (χ2v) is 17.6. The van der Waals surface area contributed by atoms with Gasteiger partial charge in [-0.1, -0.05) is 6.92 Å². The van der Waals surface area contributed by atoms with Gasteiger partial charge in [-0.05, 0) is 0 Å². The molecule has 131 valence electrons. The van der Waals surface area contributed by atoms with Crippen molar-refractivity contribution in [3.8, 4) is 0 Å². The van der Waals surface area contributed by atoms with Crippen LogP contribution < -0.4 is 0 Å². The van der Waals surface area contributed by atoms with E-state index >= 15 is 0 Å². The molecule has 23 heavy (non-hydrogen) atoms. The first-order valence-corrected chi connectivity index (χ1v) is 22.0. The summed E-state index contributed by atoms with van der Waals surface area (Å²) < 4.78 is 7.20. The predicted molar refractivity (Wildman–Crippen MR) is 110 cm³/mol. The molecule has 1 aromatic rings. The summed E-state index contributed by atoms with van der Waals surface area (Å²) in [6, 6.07) is 8.96. The Hall–Kier alpha value is 0.647. The van der Waals surface area contributed by atoms with Crippen LogP contribution in [0.15, 0.2) is 24.3 Å². The molecule has 1 aromatic carbocycles. The van der Waals surface area contributed by atoms with Gasteiger partial charge < -0.3 is 0 Å². The van der Waals surface area contributed by atoms with E-state index < -0.39 is 19.8 Å². The maximum atomic E-state index is 5.74. The summed E-state index contributed by atoms with van der Waals surface area (Å²) in [5.41, 5.74) is 2.76. The zero-order valence-electron chi connectivity index (χ0n) is 16.5. The Morgan fingerprint density at radius 1 is 1.09 bits per heavy atom. The first-order valence-electron chi connectivity index (χ1n) is 8.56. The van der Waals surface area contributed by atoms with Gasteiger partial charge in [-0.15, -0.1) is 0 Å². The van der Waals surface area contributed by atoms with Crippen LogP contribution in [0.4, 0.5) is 0 Å². The summed E-state index contributed by atoms with van der Waals surface area (Å²) in [5, 5.41) is 0. The molecule has 0 aliphatic rings. The summed E-state index contributed by atoms with van der Waals surface area (Å²) >= 11 is -0.649. The fourth-order valence-corrected chi connectivity index (χ4v) is 4.47. The van der Waals surface area contributed by atoms with Crippen molar-refractivity contribution in [1.29, 1.82) is 0 Å². The normalized spacial score (nSPS) is 11.4. The Morgan fingerprint density at radius 3 is 2.09 bits per heavy atom. The molecule has 0 saturated carbocycles. The van der Waals surface area contributed by atoms with Crippen LogP contribution in [-0.2, 0) is 17.8 Å². The van der Waals surface area contributed by atoms with Crippen molar-refractivity contribution >= 4 is 40.9 Å². The van der Waals surface area contributed by atoms with Crippen LogP contribution in [-0.4, -0.2) is 47.5 Å². The van der Waals surface area contributed by atoms with Crippen molar-refractivity contribution in [3.05, 3.63) is 42.8 Å². The Bertz CT molecular complexity index is 349. The zero-order valence-corrected chi connectivity index (χ0v) is 22.2. The van der Waals surface area contributed by atoms with Gasteiger partial charge in [0.2, 0.25) is 0 Å². The van der Waals surface area contributed by atoms with E-state index in [4.69, 9.17) is 4.74 Å². The SMILES string of the molecule is CCC(C)Cc1ccc(COCC[CH2][Sn]([CH3])[CH3])cc1.[CH3+].[CH3][Sn][CH3]. The zero-order chi connectivity index (χ0) is 16.8. The second-order valence-electron chi connectivity index (χ2n) is 6.40. The number of ether oxygens (including phenoxy) is 1. The van der Waals surface area contributed by atoms with E-state index in [-0.39, 0.29) is 28.6 Å². The Morgan fingerprint density at radius 2 is 1.61 bits per heavy atom. The number of hydrogen-bond acceptors (Lipinski definition) is 1. The molecule has 0 amide bonds. The van der Waals surface area contributed by atoms with E-state index in [0.29, 0.717) is 0 Å². The van der Waals surface area contributed by atoms with Gasteiger partial charge in [-0.25, -0.2) is 0 Å². The minimum atomic E-state index is -0.879. The number of hydrogen-bond donors (Lipinski definition) is 0. The molecule has 0 aliphatic carbocycles. The molecule has 0 aromatic heterocycles. The monoisotopic (exact) mass is 534 g/mol. The van der Waals surface area contributed by atoms with Gasteiger partial charge in [0, 0.05) is 7.43 Å². The third-order valence-corrected chi connectivity index (χ3v) is 7.40. The quantitative estimate of drug-likeness (QED) is 0.210. The fourth-order valence-electron chi connectivity index (χ4n) is 2.04. The molecule has 0 saturated heterocycles. The first-order chi connectivity index (χ1) is 10.5. The topological polar surface area (TPSA) is 9.23 Å². The average Bonchev–Trinajstić information content (AvgIpc) is 2.49. The van der Waals surface area contributed by atoms with Gasteiger partial charge in [0.1, 0.15) is 0 Å². The summed E-state index contributed by atoms with van der Waals surface area (Å²) in [6.45, 7) is 6.28. The molecular weight excluding hydrogens is 494 g/mol. The Balaban J connectivity index is 0. The van der Waals surface area contributed by atoms with Crippen molar-refractivity contribution in [2.75, 3.05) is 6.61 Å². The summed E-state index contributed by atoms with van der Waals surface area (Å²) in [4.78, 5) is 9.50. The molecule has 1 atom stereocenters. The molecule has 3 radical (unpaired) electrons. The van der Waals surface area contributed by atoms with E-state index in [2.05, 4.69) is 57.9 Å². The third kappa shape index (κ3) is 15.9. The first kappa shape index (κ1) is 25.9. The van der Waals surface area contributed by atoms with Crippen LogP contribution in [0.3, 0.4) is 0 Å². The molecule has 3 heteroatoms. The van der Waals surface area contributed by atoms with Gasteiger partial charge in [-0.2, -0.15) is 0 Å². The maximum absolute atomic E-state index is 5.74. The molecular formula is C20H38OSn2+. The molecule has 1 nitrogen and oxygen atoms in total. The van der Waals surface area contributed by atoms with Crippen molar-refractivity contribution in [2.45, 2.75) is 63.9 Å². The summed E-state index contributed by atoms with van der Waals surface area (Å²) in [5.74, 6) is 0.782. The van der Waals surface area contributed by atoms with Crippen LogP contribution in [0.5, 0.6) is 0 Å². The van der Waals surface area contributed by atoms with E-state index in [1.165, 1.54) is 34.8 Å². The molecule has 0 N–H and O–H groups in total. The Labute approximate surface area is 163 Å². The van der Waals surface area contributed by atoms with Crippen molar-refractivity contribution in [3.63, 3.8) is 0 Å². The fraction of sp³-hybridized carbons (Fsp3) is 0.650. The van der Waals surface area contributed by atoms with Gasteiger partial charge >= 0.3 is 151 Å². The minimum absolute atomic E-state index is 0. The van der Waals surface area contributed by atoms with Gasteiger partial charge in [0.15, 0.2) is 0 Å². The van der Waals surface area contributed by atoms with Crippen molar-refractivity contribution in [2.24, 2.45) is 5.92 Å². The molecule has 0 spiro atoms. The van der Waals surface area contributed by atoms with Crippen molar-refractivity contribution < 1.29 is 4.74 Å². The van der Waals surface area contributed by atoms with Gasteiger partial charge in [0.25, 0.3) is 0 Å². The number of benzene rings is 1. The van der Waals surface area contributed by atoms with Crippen LogP contribution in [0, 0.1) is 13.3 Å². The van der Waals surface area contributed by atoms with E-state index in [9.17, 15) is 0 Å². The number of rotatable bonds is 9. The standard InChI is InChI=1S/C15H23O.5CH3.2Sn/c1-4-10-16-12-15-8-6-14(7-9-15)11-13(3)5-2;;;;;;;/h6-9,13H,1,4-5,10-12H2,2-3H3;5*1H3;;/q;;;;;+1;;. The summed E-state index contributed by atoms with van der Waals surface area (Å²) in [6.07, 6.45) is 3.71. The third-order valence-electron chi connectivity index (χ3n) is 3.54. The van der Waals surface area contributed by atoms with E-state index in [1.807, 2.05) is 0 Å². The van der Waals surface area contributed by atoms with Crippen LogP contribution in [0.1, 0.15) is 37.8 Å². The van der Waals surface area contributed by atoms with E-state index in [0.717, 1.165) is 19.1 Å². The van der Waals surface area contributed by atoms with Crippen LogP contribution in [0.25, 0.3) is 0 Å². The molecule has 1 unspecified atom stereocenters.